The highest BCUT2D eigenvalue weighted by Gasteiger charge is 2.29. The highest BCUT2D eigenvalue weighted by molar-refractivity contribution is 5.20. The van der Waals surface area contributed by atoms with Crippen LogP contribution >= 0.6 is 0 Å². The molecule has 0 bridgehead atoms. The first-order chi connectivity index (χ1) is 5.16. The summed E-state index contributed by atoms with van der Waals surface area (Å²) >= 11 is 0. The molecular weight excluding hydrogens is 140 g/mol. The molecule has 0 amide bonds. The normalized spacial score (nSPS) is 31.1. The second-order valence-electron chi connectivity index (χ2n) is 3.23. The number of hydrogen-bond acceptors (Lipinski definition) is 2. The lowest BCUT2D eigenvalue weighted by Crippen LogP contribution is -2.21. The monoisotopic (exact) mass is 156 g/mol. The first-order valence-corrected chi connectivity index (χ1v) is 4.12. The zero-order chi connectivity index (χ0) is 8.43. The second-order valence-corrected chi connectivity index (χ2v) is 3.23. The zero-order valence-electron chi connectivity index (χ0n) is 7.42. The highest BCUT2D eigenvalue weighted by Crippen LogP contribution is 2.24. The van der Waals surface area contributed by atoms with Crippen molar-refractivity contribution in [2.45, 2.75) is 39.4 Å². The molecule has 2 nitrogen and oxygen atoms in total. The Bertz CT molecular complexity index is 168. The maximum atomic E-state index is 9.64. The van der Waals surface area contributed by atoms with E-state index in [0.29, 0.717) is 6.61 Å². The van der Waals surface area contributed by atoms with Crippen LogP contribution in [0.2, 0.25) is 0 Å². The molecule has 1 N–H and O–H groups in total. The third-order valence-electron chi connectivity index (χ3n) is 2.21. The van der Waals surface area contributed by atoms with E-state index in [1.165, 1.54) is 5.57 Å². The van der Waals surface area contributed by atoms with Gasteiger partial charge in [0.15, 0.2) is 0 Å². The van der Waals surface area contributed by atoms with Crippen molar-refractivity contribution in [1.29, 1.82) is 0 Å². The van der Waals surface area contributed by atoms with Crippen LogP contribution in [0.5, 0.6) is 0 Å². The van der Waals surface area contributed by atoms with Crippen molar-refractivity contribution >= 4 is 0 Å². The molecule has 0 saturated carbocycles. The highest BCUT2D eigenvalue weighted by atomic mass is 16.5. The van der Waals surface area contributed by atoms with Gasteiger partial charge in [0.2, 0.25) is 0 Å². The third kappa shape index (κ3) is 1.63. The van der Waals surface area contributed by atoms with E-state index < -0.39 is 0 Å². The summed E-state index contributed by atoms with van der Waals surface area (Å²) < 4.78 is 5.38. The van der Waals surface area contributed by atoms with Crippen molar-refractivity contribution < 1.29 is 9.84 Å². The summed E-state index contributed by atoms with van der Waals surface area (Å²) in [6.45, 7) is 6.67. The summed E-state index contributed by atoms with van der Waals surface area (Å²) in [6.07, 6.45) is 0.558. The Morgan fingerprint density at radius 3 is 2.55 bits per heavy atom. The second kappa shape index (κ2) is 3.37. The molecule has 0 aliphatic carbocycles. The molecule has 0 aromatic heterocycles. The molecule has 64 valence electrons. The molecule has 1 heterocycles. The summed E-state index contributed by atoms with van der Waals surface area (Å²) in [6, 6.07) is 0. The van der Waals surface area contributed by atoms with Crippen molar-refractivity contribution in [1.82, 2.24) is 0 Å². The van der Waals surface area contributed by atoms with Gasteiger partial charge in [-0.1, -0.05) is 12.5 Å². The Morgan fingerprint density at radius 2 is 2.27 bits per heavy atom. The topological polar surface area (TPSA) is 29.5 Å². The van der Waals surface area contributed by atoms with Gasteiger partial charge in [0.05, 0.1) is 12.7 Å². The minimum atomic E-state index is -0.356. The van der Waals surface area contributed by atoms with Gasteiger partial charge in [0.25, 0.3) is 0 Å². The van der Waals surface area contributed by atoms with E-state index in [1.54, 1.807) is 0 Å². The molecule has 0 spiro atoms. The van der Waals surface area contributed by atoms with Crippen LogP contribution in [0.15, 0.2) is 11.1 Å². The van der Waals surface area contributed by atoms with Crippen molar-refractivity contribution in [3.63, 3.8) is 0 Å². The van der Waals surface area contributed by atoms with Crippen LogP contribution in [-0.2, 0) is 4.74 Å². The maximum Gasteiger partial charge on any atom is 0.104 e. The molecule has 2 heteroatoms. The smallest absolute Gasteiger partial charge is 0.104 e. The summed E-state index contributed by atoms with van der Waals surface area (Å²) in [5, 5.41) is 9.64. The zero-order valence-corrected chi connectivity index (χ0v) is 7.42. The molecule has 0 aromatic rings. The van der Waals surface area contributed by atoms with E-state index in [4.69, 9.17) is 4.74 Å². The van der Waals surface area contributed by atoms with Gasteiger partial charge in [-0.05, 0) is 25.8 Å². The molecule has 2 unspecified atom stereocenters. The summed E-state index contributed by atoms with van der Waals surface area (Å²) in [5.41, 5.74) is 2.25. The summed E-state index contributed by atoms with van der Waals surface area (Å²) in [4.78, 5) is 0. The van der Waals surface area contributed by atoms with Crippen LogP contribution in [0, 0.1) is 0 Å². The summed E-state index contributed by atoms with van der Waals surface area (Å²) in [5.74, 6) is 0. The van der Waals surface area contributed by atoms with E-state index in [0.717, 1.165) is 12.0 Å². The average Bonchev–Trinajstić information content (AvgIpc) is 2.30. The molecule has 1 aliphatic rings. The van der Waals surface area contributed by atoms with Crippen molar-refractivity contribution in [2.24, 2.45) is 0 Å². The van der Waals surface area contributed by atoms with E-state index in [2.05, 4.69) is 0 Å². The largest absolute Gasteiger partial charge is 0.386 e. The van der Waals surface area contributed by atoms with E-state index >= 15 is 0 Å². The van der Waals surface area contributed by atoms with Crippen molar-refractivity contribution in [2.75, 3.05) is 6.61 Å². The third-order valence-corrected chi connectivity index (χ3v) is 2.21. The van der Waals surface area contributed by atoms with E-state index in [1.807, 2.05) is 20.8 Å². The Kier molecular flexibility index (Phi) is 2.68. The minimum Gasteiger partial charge on any atom is -0.386 e. The van der Waals surface area contributed by atoms with Gasteiger partial charge in [-0.15, -0.1) is 0 Å². The molecule has 2 atom stereocenters. The molecule has 1 rings (SSSR count). The summed E-state index contributed by atoms with van der Waals surface area (Å²) in [7, 11) is 0. The molecule has 0 radical (unpaired) electrons. The van der Waals surface area contributed by atoms with Gasteiger partial charge in [0.1, 0.15) is 6.10 Å². The molecule has 11 heavy (non-hydrogen) atoms. The Labute approximate surface area is 67.9 Å². The Hall–Kier alpha value is -0.340. The van der Waals surface area contributed by atoms with Crippen LogP contribution in [0.25, 0.3) is 0 Å². The quantitative estimate of drug-likeness (QED) is 0.583. The Balaban J connectivity index is 2.71. The Morgan fingerprint density at radius 1 is 1.64 bits per heavy atom. The van der Waals surface area contributed by atoms with Crippen LogP contribution in [-0.4, -0.2) is 23.9 Å². The van der Waals surface area contributed by atoms with Gasteiger partial charge < -0.3 is 9.84 Å². The lowest BCUT2D eigenvalue weighted by molar-refractivity contribution is 0.0420. The average molecular weight is 156 g/mol. The number of rotatable bonds is 1. The van der Waals surface area contributed by atoms with Crippen LogP contribution in [0.1, 0.15) is 27.2 Å². The molecule has 1 fully saturated rings. The van der Waals surface area contributed by atoms with Crippen LogP contribution in [0.3, 0.4) is 0 Å². The SMILES string of the molecule is CCC1OCC(=C(C)C)C1O. The minimum absolute atomic E-state index is 0.0277. The van der Waals surface area contributed by atoms with Gasteiger partial charge >= 0.3 is 0 Å². The first-order valence-electron chi connectivity index (χ1n) is 4.12. The lowest BCUT2D eigenvalue weighted by Gasteiger charge is -2.11. The molecule has 0 aromatic carbocycles. The maximum absolute atomic E-state index is 9.64. The van der Waals surface area contributed by atoms with E-state index in [9.17, 15) is 5.11 Å². The standard InChI is InChI=1S/C9H16O2/c1-4-8-9(10)7(5-11-8)6(2)3/h8-10H,4-5H2,1-3H3. The molecule has 1 saturated heterocycles. The predicted octanol–water partition coefficient (Wildman–Crippen LogP) is 1.49. The van der Waals surface area contributed by atoms with Crippen LogP contribution < -0.4 is 0 Å². The van der Waals surface area contributed by atoms with Crippen molar-refractivity contribution in [3.05, 3.63) is 11.1 Å². The van der Waals surface area contributed by atoms with Gasteiger partial charge in [0, 0.05) is 0 Å². The predicted molar refractivity (Wildman–Crippen MR) is 44.4 cm³/mol. The fraction of sp³-hybridized carbons (Fsp3) is 0.778. The van der Waals surface area contributed by atoms with Crippen LogP contribution in [0.4, 0.5) is 0 Å². The van der Waals surface area contributed by atoms with Crippen molar-refractivity contribution in [3.8, 4) is 0 Å². The first kappa shape index (κ1) is 8.75. The van der Waals surface area contributed by atoms with Gasteiger partial charge in [-0.3, -0.25) is 0 Å². The number of allylic oxidation sites excluding steroid dienone is 1. The van der Waals surface area contributed by atoms with Gasteiger partial charge in [-0.25, -0.2) is 0 Å². The fourth-order valence-electron chi connectivity index (χ4n) is 1.38. The molecule has 1 aliphatic heterocycles. The lowest BCUT2D eigenvalue weighted by atomic mass is 10.0. The molecular formula is C9H16O2. The number of hydrogen-bond donors (Lipinski definition) is 1. The number of ether oxygens (including phenoxy) is 1. The fourth-order valence-corrected chi connectivity index (χ4v) is 1.38. The number of aliphatic hydroxyl groups excluding tert-OH is 1. The van der Waals surface area contributed by atoms with E-state index in [-0.39, 0.29) is 12.2 Å². The number of aliphatic hydroxyl groups is 1. The van der Waals surface area contributed by atoms with Gasteiger partial charge in [-0.2, -0.15) is 0 Å².